The summed E-state index contributed by atoms with van der Waals surface area (Å²) in [6.07, 6.45) is 3.76. The van der Waals surface area contributed by atoms with Gasteiger partial charge in [0.25, 0.3) is 5.91 Å². The number of amides is 1. The van der Waals surface area contributed by atoms with E-state index in [1.807, 2.05) is 30.0 Å². The topological polar surface area (TPSA) is 73.4 Å². The summed E-state index contributed by atoms with van der Waals surface area (Å²) < 4.78 is 0. The molecule has 1 atom stereocenters. The Morgan fingerprint density at radius 3 is 2.57 bits per heavy atom. The van der Waals surface area contributed by atoms with Crippen LogP contribution < -0.4 is 0 Å². The normalized spacial score (nSPS) is 18.0. The van der Waals surface area contributed by atoms with Crippen LogP contribution in [0.5, 0.6) is 0 Å². The molecular weight excluding hydrogens is 292 g/mol. The molecule has 0 radical (unpaired) electrons. The van der Waals surface area contributed by atoms with Crippen LogP contribution in [0.1, 0.15) is 50.7 Å². The molecule has 2 N–H and O–H groups in total. The number of carbonyl (C=O) groups is 2. The van der Waals surface area contributed by atoms with Crippen molar-refractivity contribution >= 4 is 11.9 Å². The number of rotatable bonds is 3. The molecule has 3 rings (SSSR count). The highest BCUT2D eigenvalue weighted by Crippen LogP contribution is 2.28. The molecule has 0 aliphatic carbocycles. The maximum atomic E-state index is 12.6. The third-order valence-electron chi connectivity index (χ3n) is 4.52. The number of benzene rings is 1. The number of likely N-dealkylation sites (tertiary alicyclic amines) is 1. The van der Waals surface area contributed by atoms with E-state index in [1.54, 1.807) is 18.3 Å². The van der Waals surface area contributed by atoms with Crippen LogP contribution in [-0.2, 0) is 0 Å². The number of H-pyrrole nitrogens is 1. The van der Waals surface area contributed by atoms with E-state index < -0.39 is 5.97 Å². The van der Waals surface area contributed by atoms with Crippen LogP contribution >= 0.6 is 0 Å². The lowest BCUT2D eigenvalue weighted by atomic mass is 9.90. The smallest absolute Gasteiger partial charge is 0.335 e. The molecule has 0 spiro atoms. The minimum absolute atomic E-state index is 0.0654. The summed E-state index contributed by atoms with van der Waals surface area (Å²) in [7, 11) is 0. The van der Waals surface area contributed by atoms with Gasteiger partial charge in [-0.15, -0.1) is 0 Å². The third kappa shape index (κ3) is 3.13. The van der Waals surface area contributed by atoms with E-state index in [1.165, 1.54) is 0 Å². The zero-order chi connectivity index (χ0) is 16.4. The molecule has 1 fully saturated rings. The number of carboxylic acids is 1. The average molecular weight is 312 g/mol. The first-order chi connectivity index (χ1) is 11.1. The molecule has 2 heterocycles. The quantitative estimate of drug-likeness (QED) is 0.915. The van der Waals surface area contributed by atoms with Crippen LogP contribution in [0.15, 0.2) is 36.5 Å². The third-order valence-corrected chi connectivity index (χ3v) is 4.52. The van der Waals surface area contributed by atoms with Crippen molar-refractivity contribution in [2.45, 2.75) is 25.7 Å². The summed E-state index contributed by atoms with van der Waals surface area (Å²) in [5, 5.41) is 8.98. The second kappa shape index (κ2) is 6.28. The second-order valence-corrected chi connectivity index (χ2v) is 6.03. The SMILES string of the molecule is Cc1[nH]ccc1C(=O)N1CCCC(c2ccc(C(=O)O)cc2)C1. The Labute approximate surface area is 134 Å². The van der Waals surface area contributed by atoms with Gasteiger partial charge in [-0.2, -0.15) is 0 Å². The Balaban J connectivity index is 1.74. The van der Waals surface area contributed by atoms with Crippen LogP contribution in [0.3, 0.4) is 0 Å². The largest absolute Gasteiger partial charge is 0.478 e. The predicted molar refractivity (Wildman–Crippen MR) is 86.8 cm³/mol. The Hall–Kier alpha value is -2.56. The van der Waals surface area contributed by atoms with Crippen molar-refractivity contribution in [1.82, 2.24) is 9.88 Å². The van der Waals surface area contributed by atoms with Crippen molar-refractivity contribution in [3.05, 3.63) is 58.9 Å². The lowest BCUT2D eigenvalue weighted by Crippen LogP contribution is -2.39. The number of aromatic carboxylic acids is 1. The molecule has 1 aromatic carbocycles. The molecule has 2 aromatic rings. The number of nitrogens with zero attached hydrogens (tertiary/aromatic N) is 1. The van der Waals surface area contributed by atoms with Gasteiger partial charge < -0.3 is 15.0 Å². The first-order valence-corrected chi connectivity index (χ1v) is 7.83. The maximum absolute atomic E-state index is 12.6. The number of aromatic nitrogens is 1. The van der Waals surface area contributed by atoms with Gasteiger partial charge in [-0.3, -0.25) is 4.79 Å². The highest BCUT2D eigenvalue weighted by Gasteiger charge is 2.26. The highest BCUT2D eigenvalue weighted by molar-refractivity contribution is 5.95. The van der Waals surface area contributed by atoms with Gasteiger partial charge in [0, 0.05) is 30.9 Å². The number of nitrogens with one attached hydrogen (secondary N) is 1. The lowest BCUT2D eigenvalue weighted by molar-refractivity contribution is 0.0693. The number of piperidine rings is 1. The molecule has 5 heteroatoms. The van der Waals surface area contributed by atoms with E-state index in [-0.39, 0.29) is 11.8 Å². The molecule has 1 aliphatic heterocycles. The fraction of sp³-hybridized carbons (Fsp3) is 0.333. The molecule has 1 unspecified atom stereocenters. The van der Waals surface area contributed by atoms with Gasteiger partial charge in [-0.25, -0.2) is 4.79 Å². The van der Waals surface area contributed by atoms with E-state index >= 15 is 0 Å². The molecule has 0 saturated carbocycles. The monoisotopic (exact) mass is 312 g/mol. The molecular formula is C18H20N2O3. The summed E-state index contributed by atoms with van der Waals surface area (Å²) >= 11 is 0. The molecule has 5 nitrogen and oxygen atoms in total. The molecule has 0 bridgehead atoms. The van der Waals surface area contributed by atoms with Crippen molar-refractivity contribution < 1.29 is 14.7 Å². The Bertz CT molecular complexity index is 718. The Kier molecular flexibility index (Phi) is 4.19. The zero-order valence-electron chi connectivity index (χ0n) is 13.1. The number of hydrogen-bond acceptors (Lipinski definition) is 2. The number of carbonyl (C=O) groups excluding carboxylic acids is 1. The number of hydrogen-bond donors (Lipinski definition) is 2. The van der Waals surface area contributed by atoms with Gasteiger partial charge in [0.15, 0.2) is 0 Å². The first kappa shape index (κ1) is 15.3. The summed E-state index contributed by atoms with van der Waals surface area (Å²) in [4.78, 5) is 28.5. The fourth-order valence-electron chi connectivity index (χ4n) is 3.19. The summed E-state index contributed by atoms with van der Waals surface area (Å²) in [6, 6.07) is 8.82. The van der Waals surface area contributed by atoms with Gasteiger partial charge >= 0.3 is 5.97 Å². The van der Waals surface area contributed by atoms with Crippen molar-refractivity contribution in [3.8, 4) is 0 Å². The van der Waals surface area contributed by atoms with Crippen LogP contribution in [0.25, 0.3) is 0 Å². The van der Waals surface area contributed by atoms with Gasteiger partial charge in [-0.05, 0) is 43.5 Å². The summed E-state index contributed by atoms with van der Waals surface area (Å²) in [5.41, 5.74) is 3.01. The Morgan fingerprint density at radius 2 is 1.96 bits per heavy atom. The van der Waals surface area contributed by atoms with Crippen LogP contribution in [0.2, 0.25) is 0 Å². The van der Waals surface area contributed by atoms with Crippen molar-refractivity contribution in [2.75, 3.05) is 13.1 Å². The average Bonchev–Trinajstić information content (AvgIpc) is 3.00. The highest BCUT2D eigenvalue weighted by atomic mass is 16.4. The van der Waals surface area contributed by atoms with E-state index in [9.17, 15) is 9.59 Å². The molecule has 1 amide bonds. The second-order valence-electron chi connectivity index (χ2n) is 6.03. The number of aryl methyl sites for hydroxylation is 1. The molecule has 1 saturated heterocycles. The molecule has 1 aliphatic rings. The van der Waals surface area contributed by atoms with Crippen LogP contribution in [-0.4, -0.2) is 40.0 Å². The summed E-state index contributed by atoms with van der Waals surface area (Å²) in [6.45, 7) is 3.35. The van der Waals surface area contributed by atoms with E-state index in [0.717, 1.165) is 36.2 Å². The lowest BCUT2D eigenvalue weighted by Gasteiger charge is -2.33. The van der Waals surface area contributed by atoms with Gasteiger partial charge in [0.05, 0.1) is 11.1 Å². The minimum Gasteiger partial charge on any atom is -0.478 e. The van der Waals surface area contributed by atoms with Gasteiger partial charge in [0.2, 0.25) is 0 Å². The van der Waals surface area contributed by atoms with Gasteiger partial charge in [0.1, 0.15) is 0 Å². The predicted octanol–water partition coefficient (Wildman–Crippen LogP) is 3.04. The summed E-state index contributed by atoms with van der Waals surface area (Å²) in [5.74, 6) is -0.592. The van der Waals surface area contributed by atoms with Crippen LogP contribution in [0, 0.1) is 6.92 Å². The first-order valence-electron chi connectivity index (χ1n) is 7.83. The molecule has 23 heavy (non-hydrogen) atoms. The fourth-order valence-corrected chi connectivity index (χ4v) is 3.19. The van der Waals surface area contributed by atoms with E-state index in [0.29, 0.717) is 12.1 Å². The number of aromatic amines is 1. The minimum atomic E-state index is -0.917. The van der Waals surface area contributed by atoms with Crippen molar-refractivity contribution in [3.63, 3.8) is 0 Å². The Morgan fingerprint density at radius 1 is 1.22 bits per heavy atom. The zero-order valence-corrected chi connectivity index (χ0v) is 13.1. The van der Waals surface area contributed by atoms with E-state index in [2.05, 4.69) is 4.98 Å². The van der Waals surface area contributed by atoms with Crippen LogP contribution in [0.4, 0.5) is 0 Å². The molecule has 120 valence electrons. The maximum Gasteiger partial charge on any atom is 0.335 e. The van der Waals surface area contributed by atoms with E-state index in [4.69, 9.17) is 5.11 Å². The molecule has 1 aromatic heterocycles. The standard InChI is InChI=1S/C18H20N2O3/c1-12-16(8-9-19-12)17(21)20-10-2-3-15(11-20)13-4-6-14(7-5-13)18(22)23/h4-9,15,19H,2-3,10-11H2,1H3,(H,22,23). The van der Waals surface area contributed by atoms with Crippen molar-refractivity contribution in [2.24, 2.45) is 0 Å². The van der Waals surface area contributed by atoms with Crippen molar-refractivity contribution in [1.29, 1.82) is 0 Å². The number of carboxylic acid groups (broad SMARTS) is 1. The van der Waals surface area contributed by atoms with Gasteiger partial charge in [-0.1, -0.05) is 12.1 Å².